The molecule has 0 saturated carbocycles. The fourth-order valence-electron chi connectivity index (χ4n) is 4.60. The number of nitrogens with zero attached hydrogens (tertiary/aromatic N) is 1. The molecule has 0 spiro atoms. The average Bonchev–Trinajstić information content (AvgIpc) is 3.12. The molecular weight excluding hydrogens is 595 g/mol. The largest absolute Gasteiger partial charge is 0.497 e. The van der Waals surface area contributed by atoms with Gasteiger partial charge in [-0.2, -0.15) is 0 Å². The molecule has 0 bridgehead atoms. The van der Waals surface area contributed by atoms with Gasteiger partial charge in [0.25, 0.3) is 5.91 Å². The van der Waals surface area contributed by atoms with Gasteiger partial charge in [0.05, 0.1) is 30.9 Å². The van der Waals surface area contributed by atoms with Gasteiger partial charge in [0.1, 0.15) is 11.6 Å². The third kappa shape index (κ3) is 9.09. The van der Waals surface area contributed by atoms with Crippen molar-refractivity contribution in [2.75, 3.05) is 30.9 Å². The van der Waals surface area contributed by atoms with E-state index < -0.39 is 23.9 Å². The van der Waals surface area contributed by atoms with Crippen LogP contribution in [0.1, 0.15) is 40.7 Å². The van der Waals surface area contributed by atoms with Crippen LogP contribution in [0.4, 0.5) is 14.9 Å². The second kappa shape index (κ2) is 15.6. The number of benzene rings is 3. The molecule has 0 saturated heterocycles. The summed E-state index contributed by atoms with van der Waals surface area (Å²) in [5.74, 6) is -0.373. The van der Waals surface area contributed by atoms with Crippen LogP contribution in [0.2, 0.25) is 5.02 Å². The molecule has 4 N–H and O–H groups in total. The minimum Gasteiger partial charge on any atom is -0.497 e. The van der Waals surface area contributed by atoms with Crippen LogP contribution in [-0.4, -0.2) is 55.0 Å². The van der Waals surface area contributed by atoms with E-state index in [1.54, 1.807) is 36.3 Å². The van der Waals surface area contributed by atoms with Crippen LogP contribution in [-0.2, 0) is 17.9 Å². The Kier molecular flexibility index (Phi) is 11.7. The van der Waals surface area contributed by atoms with Crippen LogP contribution in [0.5, 0.6) is 5.75 Å². The monoisotopic (exact) mass is 628 g/mol. The van der Waals surface area contributed by atoms with Crippen molar-refractivity contribution in [3.05, 3.63) is 88.2 Å². The molecule has 43 heavy (non-hydrogen) atoms. The molecule has 1 aliphatic rings. The highest BCUT2D eigenvalue weighted by Gasteiger charge is 2.32. The second-order valence-electron chi connectivity index (χ2n) is 9.99. The highest BCUT2D eigenvalue weighted by Crippen LogP contribution is 2.37. The third-order valence-electron chi connectivity index (χ3n) is 6.94. The first-order valence-corrected chi connectivity index (χ1v) is 15.2. The number of hydrogen-bond donors (Lipinski definition) is 4. The molecule has 3 aromatic carbocycles. The summed E-state index contributed by atoms with van der Waals surface area (Å²) in [4.78, 5) is 39.8. The number of thioether (sulfide) groups is 1. The molecule has 0 aliphatic carbocycles. The van der Waals surface area contributed by atoms with E-state index in [9.17, 15) is 14.4 Å². The van der Waals surface area contributed by atoms with Crippen molar-refractivity contribution in [3.8, 4) is 5.75 Å². The van der Waals surface area contributed by atoms with E-state index in [0.29, 0.717) is 46.6 Å². The van der Waals surface area contributed by atoms with Crippen LogP contribution >= 0.6 is 23.4 Å². The Morgan fingerprint density at radius 2 is 1.72 bits per heavy atom. The van der Waals surface area contributed by atoms with E-state index in [4.69, 9.17) is 21.4 Å². The first-order valence-electron chi connectivity index (χ1n) is 13.9. The lowest BCUT2D eigenvalue weighted by molar-refractivity contribution is -0.120. The highest BCUT2D eigenvalue weighted by atomic mass is 35.5. The summed E-state index contributed by atoms with van der Waals surface area (Å²) in [5, 5.41) is 17.7. The van der Waals surface area contributed by atoms with E-state index in [-0.39, 0.29) is 24.6 Å². The SMILES string of the molecule is COc1ccc(CNC(=O)c2cc3c(cc2F)SC[C@H](NCCCCCNC(=O)O)C(=O)N3Cc2ccc(Cl)cc2)cc1. The Morgan fingerprint density at radius 1 is 1.02 bits per heavy atom. The van der Waals surface area contributed by atoms with Gasteiger partial charge in [0.2, 0.25) is 5.91 Å². The van der Waals surface area contributed by atoms with Gasteiger partial charge in [-0.3, -0.25) is 9.59 Å². The standard InChI is InChI=1S/C31H34ClFN4O5S/c1-42-23-11-7-20(8-12-23)17-36-29(38)24-15-27-28(16-25(24)33)43-19-26(34-13-3-2-4-14-35-31(40)41)30(39)37(27)18-21-5-9-22(32)10-6-21/h5-12,15-16,26,34-35H,2-4,13-14,17-19H2,1H3,(H,36,38)(H,40,41)/t26-/m0/s1. The molecule has 1 atom stereocenters. The summed E-state index contributed by atoms with van der Waals surface area (Å²) in [6.45, 7) is 1.34. The summed E-state index contributed by atoms with van der Waals surface area (Å²) in [6, 6.07) is 16.6. The number of anilines is 1. The number of carbonyl (C=O) groups excluding carboxylic acids is 2. The minimum absolute atomic E-state index is 0.150. The number of carboxylic acid groups (broad SMARTS) is 1. The van der Waals surface area contributed by atoms with Gasteiger partial charge in [-0.25, -0.2) is 9.18 Å². The maximum absolute atomic E-state index is 15.3. The Hall–Kier alpha value is -3.80. The molecule has 1 aliphatic heterocycles. The van der Waals surface area contributed by atoms with Gasteiger partial charge < -0.3 is 30.7 Å². The number of nitrogens with one attached hydrogen (secondary N) is 3. The number of amides is 3. The van der Waals surface area contributed by atoms with E-state index in [2.05, 4.69) is 16.0 Å². The summed E-state index contributed by atoms with van der Waals surface area (Å²) in [5.41, 5.74) is 1.97. The van der Waals surface area contributed by atoms with E-state index in [0.717, 1.165) is 24.0 Å². The van der Waals surface area contributed by atoms with Gasteiger partial charge in [0.15, 0.2) is 0 Å². The van der Waals surface area contributed by atoms with Gasteiger partial charge in [-0.15, -0.1) is 11.8 Å². The minimum atomic E-state index is -1.05. The number of unbranched alkanes of at least 4 members (excludes halogenated alkanes) is 2. The number of hydrogen-bond acceptors (Lipinski definition) is 6. The van der Waals surface area contributed by atoms with E-state index >= 15 is 4.39 Å². The van der Waals surface area contributed by atoms with Crippen molar-refractivity contribution >= 4 is 47.0 Å². The maximum atomic E-state index is 15.3. The second-order valence-corrected chi connectivity index (χ2v) is 11.5. The number of rotatable bonds is 13. The third-order valence-corrected chi connectivity index (χ3v) is 8.33. The molecule has 0 aromatic heterocycles. The first-order chi connectivity index (χ1) is 20.7. The number of fused-ring (bicyclic) bond motifs is 1. The molecule has 0 fully saturated rings. The zero-order valence-corrected chi connectivity index (χ0v) is 25.3. The zero-order valence-electron chi connectivity index (χ0n) is 23.7. The van der Waals surface area contributed by atoms with Crippen molar-refractivity contribution in [2.45, 2.75) is 43.3 Å². The van der Waals surface area contributed by atoms with E-state index in [1.165, 1.54) is 23.9 Å². The van der Waals surface area contributed by atoms with Gasteiger partial charge in [-0.05, 0) is 66.9 Å². The molecule has 228 valence electrons. The number of halogens is 2. The van der Waals surface area contributed by atoms with Crippen molar-refractivity contribution in [3.63, 3.8) is 0 Å². The number of methoxy groups -OCH3 is 1. The Labute approximate surface area is 259 Å². The molecular formula is C31H34ClFN4O5S. The summed E-state index contributed by atoms with van der Waals surface area (Å²) in [7, 11) is 1.57. The Morgan fingerprint density at radius 3 is 2.42 bits per heavy atom. The Bertz CT molecular complexity index is 1420. The Balaban J connectivity index is 1.51. The quantitative estimate of drug-likeness (QED) is 0.186. The van der Waals surface area contributed by atoms with Crippen LogP contribution in [0.25, 0.3) is 0 Å². The normalized spacial score (nSPS) is 14.5. The molecule has 9 nitrogen and oxygen atoms in total. The van der Waals surface area contributed by atoms with Crippen molar-refractivity contribution in [1.82, 2.24) is 16.0 Å². The smallest absolute Gasteiger partial charge is 0.404 e. The van der Waals surface area contributed by atoms with Crippen molar-refractivity contribution < 1.29 is 28.6 Å². The lowest BCUT2D eigenvalue weighted by Gasteiger charge is -2.26. The first kappa shape index (κ1) is 32.1. The average molecular weight is 629 g/mol. The maximum Gasteiger partial charge on any atom is 0.404 e. The lowest BCUT2D eigenvalue weighted by Crippen LogP contribution is -2.47. The lowest BCUT2D eigenvalue weighted by atomic mass is 10.1. The summed E-state index contributed by atoms with van der Waals surface area (Å²) >= 11 is 7.43. The number of ether oxygens (including phenoxy) is 1. The molecule has 3 amide bonds. The van der Waals surface area contributed by atoms with Crippen molar-refractivity contribution in [2.24, 2.45) is 0 Å². The fraction of sp³-hybridized carbons (Fsp3) is 0.323. The number of carbonyl (C=O) groups is 3. The van der Waals surface area contributed by atoms with Crippen LogP contribution in [0, 0.1) is 5.82 Å². The van der Waals surface area contributed by atoms with Gasteiger partial charge >= 0.3 is 6.09 Å². The predicted molar refractivity (Wildman–Crippen MR) is 166 cm³/mol. The van der Waals surface area contributed by atoms with Crippen molar-refractivity contribution in [1.29, 1.82) is 0 Å². The zero-order chi connectivity index (χ0) is 30.8. The van der Waals surface area contributed by atoms with Crippen LogP contribution < -0.4 is 25.6 Å². The fourth-order valence-corrected chi connectivity index (χ4v) is 5.83. The van der Waals surface area contributed by atoms with Gasteiger partial charge in [-0.1, -0.05) is 42.3 Å². The molecule has 3 aromatic rings. The van der Waals surface area contributed by atoms with Gasteiger partial charge in [0, 0.05) is 28.8 Å². The molecule has 1 heterocycles. The topological polar surface area (TPSA) is 120 Å². The molecule has 4 rings (SSSR count). The van der Waals surface area contributed by atoms with Crippen LogP contribution in [0.3, 0.4) is 0 Å². The molecule has 0 unspecified atom stereocenters. The van der Waals surface area contributed by atoms with E-state index in [1.807, 2.05) is 24.3 Å². The molecule has 0 radical (unpaired) electrons. The predicted octanol–water partition coefficient (Wildman–Crippen LogP) is 5.45. The summed E-state index contributed by atoms with van der Waals surface area (Å²) < 4.78 is 20.5. The van der Waals surface area contributed by atoms with Crippen LogP contribution in [0.15, 0.2) is 65.6 Å². The molecule has 12 heteroatoms. The highest BCUT2D eigenvalue weighted by molar-refractivity contribution is 7.99. The summed E-state index contributed by atoms with van der Waals surface area (Å²) in [6.07, 6.45) is 1.19.